The molecule has 1 aromatic carbocycles. The summed E-state index contributed by atoms with van der Waals surface area (Å²) in [4.78, 5) is 10.4. The molecule has 0 aliphatic rings. The Morgan fingerprint density at radius 3 is 2.81 bits per heavy atom. The van der Waals surface area contributed by atoms with Crippen molar-refractivity contribution in [2.75, 3.05) is 11.9 Å². The molecule has 0 heterocycles. The monoisotopic (exact) mass is 223 g/mol. The molecule has 1 atom stereocenters. The fourth-order valence-corrected chi connectivity index (χ4v) is 1.39. The van der Waals surface area contributed by atoms with Crippen LogP contribution in [0.3, 0.4) is 0 Å². The lowest BCUT2D eigenvalue weighted by Crippen LogP contribution is -2.19. The van der Waals surface area contributed by atoms with Crippen molar-refractivity contribution >= 4 is 11.4 Å². The highest BCUT2D eigenvalue weighted by Gasteiger charge is 2.12. The Morgan fingerprint density at radius 2 is 2.25 bits per heavy atom. The summed E-state index contributed by atoms with van der Waals surface area (Å²) in [7, 11) is 0. The van der Waals surface area contributed by atoms with Gasteiger partial charge in [0.2, 0.25) is 0 Å². The van der Waals surface area contributed by atoms with E-state index < -0.39 is 0 Å². The molecule has 0 bridgehead atoms. The summed E-state index contributed by atoms with van der Waals surface area (Å²) in [6.07, 6.45) is 0.783. The Balaban J connectivity index is 2.76. The van der Waals surface area contributed by atoms with Crippen LogP contribution in [-0.4, -0.2) is 17.5 Å². The molecule has 0 spiro atoms. The van der Waals surface area contributed by atoms with Crippen LogP contribution in [0, 0.1) is 17.0 Å². The summed E-state index contributed by atoms with van der Waals surface area (Å²) in [6.45, 7) is 4.45. The van der Waals surface area contributed by atoms with Crippen molar-refractivity contribution in [3.8, 4) is 0 Å². The lowest BCUT2D eigenvalue weighted by molar-refractivity contribution is -0.384. The molecule has 1 rings (SSSR count). The molecule has 16 heavy (non-hydrogen) atoms. The summed E-state index contributed by atoms with van der Waals surface area (Å²) in [5.74, 6) is 0. The van der Waals surface area contributed by atoms with Gasteiger partial charge in [0.05, 0.1) is 4.92 Å². The molecule has 1 unspecified atom stereocenters. The summed E-state index contributed by atoms with van der Waals surface area (Å²) in [5, 5.41) is 13.8. The quantitative estimate of drug-likeness (QED) is 0.591. The Kier molecular flexibility index (Phi) is 4.25. The average Bonchev–Trinajstić information content (AvgIpc) is 2.16. The smallest absolute Gasteiger partial charge is 0.292 e. The normalized spacial score (nSPS) is 12.2. The van der Waals surface area contributed by atoms with E-state index in [1.165, 1.54) is 6.07 Å². The van der Waals surface area contributed by atoms with Crippen molar-refractivity contribution in [2.45, 2.75) is 26.3 Å². The molecule has 0 aliphatic heterocycles. The molecule has 3 N–H and O–H groups in total. The molecular weight excluding hydrogens is 206 g/mol. The minimum absolute atomic E-state index is 0.0939. The molecule has 0 amide bonds. The molecule has 0 aliphatic carbocycles. The van der Waals surface area contributed by atoms with E-state index in [0.717, 1.165) is 12.0 Å². The van der Waals surface area contributed by atoms with Crippen LogP contribution in [-0.2, 0) is 0 Å². The standard InChI is InChI=1S/C11H17N3O2/c1-8-3-4-11(14(15)16)10(7-8)13-6-5-9(2)12/h3-4,7,9,13H,5-6,12H2,1-2H3. The molecule has 1 aromatic rings. The number of hydrogen-bond donors (Lipinski definition) is 2. The molecular formula is C11H17N3O2. The van der Waals surface area contributed by atoms with Gasteiger partial charge in [-0.05, 0) is 31.9 Å². The molecule has 88 valence electrons. The van der Waals surface area contributed by atoms with Gasteiger partial charge in [-0.15, -0.1) is 0 Å². The predicted octanol–water partition coefficient (Wildman–Crippen LogP) is 2.05. The van der Waals surface area contributed by atoms with Gasteiger partial charge in [0.1, 0.15) is 5.69 Å². The van der Waals surface area contributed by atoms with Crippen LogP contribution in [0.25, 0.3) is 0 Å². The second-order valence-electron chi connectivity index (χ2n) is 3.97. The van der Waals surface area contributed by atoms with Crippen molar-refractivity contribution in [1.82, 2.24) is 0 Å². The third-order valence-corrected chi connectivity index (χ3v) is 2.26. The zero-order valence-corrected chi connectivity index (χ0v) is 9.56. The third-order valence-electron chi connectivity index (χ3n) is 2.26. The van der Waals surface area contributed by atoms with E-state index in [0.29, 0.717) is 12.2 Å². The third kappa shape index (κ3) is 3.51. The van der Waals surface area contributed by atoms with E-state index >= 15 is 0 Å². The van der Waals surface area contributed by atoms with Gasteiger partial charge in [0.15, 0.2) is 0 Å². The maximum Gasteiger partial charge on any atom is 0.292 e. The first-order valence-electron chi connectivity index (χ1n) is 5.25. The van der Waals surface area contributed by atoms with Crippen LogP contribution < -0.4 is 11.1 Å². The van der Waals surface area contributed by atoms with Gasteiger partial charge >= 0.3 is 0 Å². The van der Waals surface area contributed by atoms with Gasteiger partial charge < -0.3 is 11.1 Å². The summed E-state index contributed by atoms with van der Waals surface area (Å²) in [5.41, 5.74) is 7.27. The highest BCUT2D eigenvalue weighted by Crippen LogP contribution is 2.24. The van der Waals surface area contributed by atoms with E-state index in [-0.39, 0.29) is 16.7 Å². The molecule has 0 saturated carbocycles. The zero-order chi connectivity index (χ0) is 12.1. The number of rotatable bonds is 5. The fraction of sp³-hybridized carbons (Fsp3) is 0.455. The number of nitrogens with two attached hydrogens (primary N) is 1. The maximum absolute atomic E-state index is 10.8. The molecule has 5 nitrogen and oxygen atoms in total. The number of nitrogens with one attached hydrogen (secondary N) is 1. The minimum Gasteiger partial charge on any atom is -0.379 e. The SMILES string of the molecule is Cc1ccc([N+](=O)[O-])c(NCCC(C)N)c1. The predicted molar refractivity (Wildman–Crippen MR) is 64.6 cm³/mol. The van der Waals surface area contributed by atoms with Gasteiger partial charge in [0, 0.05) is 18.7 Å². The van der Waals surface area contributed by atoms with Gasteiger partial charge in [-0.3, -0.25) is 10.1 Å². The number of nitro benzene ring substituents is 1. The van der Waals surface area contributed by atoms with E-state index in [1.54, 1.807) is 12.1 Å². The lowest BCUT2D eigenvalue weighted by atomic mass is 10.2. The first kappa shape index (κ1) is 12.4. The number of hydrogen-bond acceptors (Lipinski definition) is 4. The van der Waals surface area contributed by atoms with E-state index in [4.69, 9.17) is 5.73 Å². The Bertz CT molecular complexity index is 377. The Hall–Kier alpha value is -1.62. The van der Waals surface area contributed by atoms with E-state index in [1.807, 2.05) is 13.8 Å². The highest BCUT2D eigenvalue weighted by atomic mass is 16.6. The topological polar surface area (TPSA) is 81.2 Å². The van der Waals surface area contributed by atoms with Crippen molar-refractivity contribution < 1.29 is 4.92 Å². The second kappa shape index (κ2) is 5.46. The number of benzene rings is 1. The van der Waals surface area contributed by atoms with Crippen molar-refractivity contribution in [3.05, 3.63) is 33.9 Å². The van der Waals surface area contributed by atoms with Crippen LogP contribution >= 0.6 is 0 Å². The Morgan fingerprint density at radius 1 is 1.56 bits per heavy atom. The summed E-state index contributed by atoms with van der Waals surface area (Å²) in [6, 6.07) is 5.12. The van der Waals surface area contributed by atoms with Gasteiger partial charge in [-0.1, -0.05) is 6.07 Å². The van der Waals surface area contributed by atoms with Crippen molar-refractivity contribution in [1.29, 1.82) is 0 Å². The minimum atomic E-state index is -0.381. The van der Waals surface area contributed by atoms with Crippen LogP contribution in [0.5, 0.6) is 0 Å². The molecule has 0 fully saturated rings. The number of nitro groups is 1. The van der Waals surface area contributed by atoms with Gasteiger partial charge in [-0.25, -0.2) is 0 Å². The van der Waals surface area contributed by atoms with Crippen LogP contribution in [0.2, 0.25) is 0 Å². The van der Waals surface area contributed by atoms with Gasteiger partial charge in [0.25, 0.3) is 5.69 Å². The van der Waals surface area contributed by atoms with E-state index in [2.05, 4.69) is 5.32 Å². The van der Waals surface area contributed by atoms with E-state index in [9.17, 15) is 10.1 Å². The molecule has 0 radical (unpaired) electrons. The number of nitrogens with zero attached hydrogens (tertiary/aromatic N) is 1. The zero-order valence-electron chi connectivity index (χ0n) is 9.56. The maximum atomic E-state index is 10.8. The summed E-state index contributed by atoms with van der Waals surface area (Å²) >= 11 is 0. The molecule has 5 heteroatoms. The van der Waals surface area contributed by atoms with Crippen molar-refractivity contribution in [2.24, 2.45) is 5.73 Å². The van der Waals surface area contributed by atoms with Crippen LogP contribution in [0.4, 0.5) is 11.4 Å². The average molecular weight is 223 g/mol. The first-order valence-corrected chi connectivity index (χ1v) is 5.25. The number of anilines is 1. The lowest BCUT2D eigenvalue weighted by Gasteiger charge is -2.09. The van der Waals surface area contributed by atoms with Gasteiger partial charge in [-0.2, -0.15) is 0 Å². The largest absolute Gasteiger partial charge is 0.379 e. The highest BCUT2D eigenvalue weighted by molar-refractivity contribution is 5.62. The van der Waals surface area contributed by atoms with Crippen molar-refractivity contribution in [3.63, 3.8) is 0 Å². The molecule has 0 aromatic heterocycles. The van der Waals surface area contributed by atoms with Crippen LogP contribution in [0.15, 0.2) is 18.2 Å². The second-order valence-corrected chi connectivity index (χ2v) is 3.97. The fourth-order valence-electron chi connectivity index (χ4n) is 1.39. The van der Waals surface area contributed by atoms with Crippen LogP contribution in [0.1, 0.15) is 18.9 Å². The summed E-state index contributed by atoms with van der Waals surface area (Å²) < 4.78 is 0. The first-order chi connectivity index (χ1) is 7.50. The Labute approximate surface area is 94.8 Å². The molecule has 0 saturated heterocycles. The number of aryl methyl sites for hydroxylation is 1.